The first-order chi connectivity index (χ1) is 15.0. The molecule has 9 nitrogen and oxygen atoms in total. The fraction of sp³-hybridized carbons (Fsp3) is 0.333. The molecule has 0 atom stereocenters. The van der Waals surface area contributed by atoms with Crippen molar-refractivity contribution in [3.05, 3.63) is 64.6 Å². The predicted molar refractivity (Wildman–Crippen MR) is 113 cm³/mol. The zero-order valence-electron chi connectivity index (χ0n) is 16.8. The topological polar surface area (TPSA) is 111 Å². The Morgan fingerprint density at radius 1 is 1.10 bits per heavy atom. The van der Waals surface area contributed by atoms with Gasteiger partial charge < -0.3 is 14.5 Å². The fourth-order valence-corrected chi connectivity index (χ4v) is 4.97. The van der Waals surface area contributed by atoms with E-state index in [0.29, 0.717) is 26.2 Å². The zero-order valence-corrected chi connectivity index (χ0v) is 17.6. The quantitative estimate of drug-likeness (QED) is 0.437. The molecule has 1 saturated heterocycles. The van der Waals surface area contributed by atoms with E-state index in [2.05, 4.69) is 4.98 Å². The number of hydrogen-bond acceptors (Lipinski definition) is 6. The van der Waals surface area contributed by atoms with Gasteiger partial charge in [0.25, 0.3) is 0 Å². The number of aromatic nitrogens is 2. The molecule has 4 rings (SSSR count). The molecule has 2 aromatic carbocycles. The monoisotopic (exact) mass is 445 g/mol. The first kappa shape index (κ1) is 21.3. The molecule has 1 aliphatic heterocycles. The predicted octanol–water partition coefficient (Wildman–Crippen LogP) is 1.60. The third-order valence-corrected chi connectivity index (χ3v) is 7.01. The van der Waals surface area contributed by atoms with Crippen LogP contribution in [0.25, 0.3) is 11.0 Å². The van der Waals surface area contributed by atoms with E-state index in [9.17, 15) is 18.0 Å². The molecule has 1 N–H and O–H groups in total. The summed E-state index contributed by atoms with van der Waals surface area (Å²) in [5.41, 5.74) is 1.50. The molecule has 0 spiro atoms. The number of carbonyl (C=O) groups excluding carboxylic acids is 1. The minimum absolute atomic E-state index is 0.0502. The number of rotatable bonds is 7. The van der Waals surface area contributed by atoms with Crippen LogP contribution in [0, 0.1) is 0 Å². The van der Waals surface area contributed by atoms with E-state index in [1.807, 2.05) is 24.3 Å². The van der Waals surface area contributed by atoms with Crippen LogP contribution in [0.2, 0.25) is 0 Å². The van der Waals surface area contributed by atoms with Gasteiger partial charge in [-0.25, -0.2) is 18.0 Å². The second-order valence-electron chi connectivity index (χ2n) is 7.13. The van der Waals surface area contributed by atoms with Gasteiger partial charge in [-0.3, -0.25) is 4.57 Å². The van der Waals surface area contributed by atoms with Gasteiger partial charge in [-0.1, -0.05) is 18.2 Å². The minimum Gasteiger partial charge on any atom is -0.462 e. The molecule has 10 heteroatoms. The highest BCUT2D eigenvalue weighted by Crippen LogP contribution is 2.19. The molecule has 0 bridgehead atoms. The molecule has 164 valence electrons. The number of nitrogens with one attached hydrogen (secondary N) is 1. The molecule has 0 radical (unpaired) electrons. The number of benzene rings is 2. The summed E-state index contributed by atoms with van der Waals surface area (Å²) in [7, 11) is -3.69. The van der Waals surface area contributed by atoms with Crippen LogP contribution in [0.5, 0.6) is 0 Å². The van der Waals surface area contributed by atoms with Gasteiger partial charge in [-0.2, -0.15) is 4.31 Å². The van der Waals surface area contributed by atoms with Gasteiger partial charge in [-0.15, -0.1) is 0 Å². The van der Waals surface area contributed by atoms with E-state index >= 15 is 0 Å². The van der Waals surface area contributed by atoms with Crippen LogP contribution in [-0.4, -0.2) is 61.2 Å². The minimum atomic E-state index is -3.69. The SMILES string of the molecule is O=C(OCCCn1c(=O)[nH]c2ccccc21)c1cccc(S(=O)(=O)N2CCOCC2)c1. The maximum Gasteiger partial charge on any atom is 0.338 e. The van der Waals surface area contributed by atoms with E-state index in [4.69, 9.17) is 9.47 Å². The van der Waals surface area contributed by atoms with Gasteiger partial charge >= 0.3 is 11.7 Å². The van der Waals surface area contributed by atoms with Crippen molar-refractivity contribution in [1.82, 2.24) is 13.9 Å². The molecule has 0 saturated carbocycles. The lowest BCUT2D eigenvalue weighted by Gasteiger charge is -2.26. The third kappa shape index (κ3) is 4.55. The maximum atomic E-state index is 12.8. The number of nitrogens with zero attached hydrogens (tertiary/aromatic N) is 2. The van der Waals surface area contributed by atoms with Crippen molar-refractivity contribution >= 4 is 27.0 Å². The Kier molecular flexibility index (Phi) is 6.21. The molecule has 0 unspecified atom stereocenters. The summed E-state index contributed by atoms with van der Waals surface area (Å²) in [5, 5.41) is 0. The number of carbonyl (C=O) groups is 1. The van der Waals surface area contributed by atoms with E-state index in [0.717, 1.165) is 11.0 Å². The van der Waals surface area contributed by atoms with Crippen molar-refractivity contribution in [2.45, 2.75) is 17.9 Å². The lowest BCUT2D eigenvalue weighted by atomic mass is 10.2. The van der Waals surface area contributed by atoms with Crippen LogP contribution in [0.4, 0.5) is 0 Å². The molecular formula is C21H23N3O6S. The Hall–Kier alpha value is -2.95. The number of para-hydroxylation sites is 2. The first-order valence-electron chi connectivity index (χ1n) is 9.99. The van der Waals surface area contributed by atoms with Gasteiger partial charge in [0.1, 0.15) is 0 Å². The molecule has 0 amide bonds. The number of morpholine rings is 1. The Balaban J connectivity index is 1.37. The largest absolute Gasteiger partial charge is 0.462 e. The van der Waals surface area contributed by atoms with E-state index in [-0.39, 0.29) is 35.8 Å². The number of sulfonamides is 1. The van der Waals surface area contributed by atoms with Gasteiger partial charge in [0, 0.05) is 19.6 Å². The number of ether oxygens (including phenoxy) is 2. The molecule has 1 fully saturated rings. The Labute approximate surface area is 179 Å². The van der Waals surface area contributed by atoms with Crippen molar-refractivity contribution < 1.29 is 22.7 Å². The van der Waals surface area contributed by atoms with Crippen LogP contribution in [-0.2, 0) is 26.0 Å². The molecule has 0 aliphatic carbocycles. The van der Waals surface area contributed by atoms with Crippen molar-refractivity contribution in [2.75, 3.05) is 32.9 Å². The summed E-state index contributed by atoms with van der Waals surface area (Å²) in [4.78, 5) is 27.3. The van der Waals surface area contributed by atoms with E-state index in [1.54, 1.807) is 4.57 Å². The fourth-order valence-electron chi connectivity index (χ4n) is 3.52. The number of imidazole rings is 1. The zero-order chi connectivity index (χ0) is 21.8. The van der Waals surface area contributed by atoms with Crippen molar-refractivity contribution in [2.24, 2.45) is 0 Å². The molecular weight excluding hydrogens is 422 g/mol. The summed E-state index contributed by atoms with van der Waals surface area (Å²) >= 11 is 0. The molecule has 3 aromatic rings. The van der Waals surface area contributed by atoms with Gasteiger partial charge in [0.2, 0.25) is 10.0 Å². The summed E-state index contributed by atoms with van der Waals surface area (Å²) in [5.74, 6) is -0.606. The first-order valence-corrected chi connectivity index (χ1v) is 11.4. The number of aryl methyl sites for hydroxylation is 1. The molecule has 1 aromatic heterocycles. The normalized spacial score (nSPS) is 15.2. The van der Waals surface area contributed by atoms with Gasteiger partial charge in [-0.05, 0) is 36.8 Å². The Morgan fingerprint density at radius 3 is 2.68 bits per heavy atom. The molecule has 1 aliphatic rings. The highest BCUT2D eigenvalue weighted by atomic mass is 32.2. The van der Waals surface area contributed by atoms with Crippen LogP contribution in [0.1, 0.15) is 16.8 Å². The molecule has 31 heavy (non-hydrogen) atoms. The smallest absolute Gasteiger partial charge is 0.338 e. The summed E-state index contributed by atoms with van der Waals surface area (Å²) < 4.78 is 39.0. The van der Waals surface area contributed by atoms with Crippen LogP contribution < -0.4 is 5.69 Å². The summed E-state index contributed by atoms with van der Waals surface area (Å²) in [6.07, 6.45) is 0.444. The Bertz CT molecular complexity index is 1240. The van der Waals surface area contributed by atoms with Gasteiger partial charge in [0.05, 0.1) is 41.3 Å². The number of hydrogen-bond donors (Lipinski definition) is 1. The van der Waals surface area contributed by atoms with Crippen molar-refractivity contribution in [3.63, 3.8) is 0 Å². The van der Waals surface area contributed by atoms with E-state index in [1.165, 1.54) is 28.6 Å². The Morgan fingerprint density at radius 2 is 1.87 bits per heavy atom. The second kappa shape index (κ2) is 9.04. The average Bonchev–Trinajstić information content (AvgIpc) is 3.12. The highest BCUT2D eigenvalue weighted by molar-refractivity contribution is 7.89. The standard InChI is InChI=1S/C21H23N3O6S/c25-20(30-12-4-9-24-19-8-2-1-7-18(19)22-21(24)26)16-5-3-6-17(15-16)31(27,28)23-10-13-29-14-11-23/h1-3,5-8,15H,4,9-14H2,(H,22,26). The molecule has 2 heterocycles. The number of aromatic amines is 1. The summed E-state index contributed by atoms with van der Waals surface area (Å²) in [6.45, 7) is 1.75. The highest BCUT2D eigenvalue weighted by Gasteiger charge is 2.27. The number of esters is 1. The van der Waals surface area contributed by atoms with Crippen molar-refractivity contribution in [3.8, 4) is 0 Å². The lowest BCUT2D eigenvalue weighted by molar-refractivity contribution is 0.0495. The van der Waals surface area contributed by atoms with Gasteiger partial charge in [0.15, 0.2) is 0 Å². The second-order valence-corrected chi connectivity index (χ2v) is 9.07. The third-order valence-electron chi connectivity index (χ3n) is 5.12. The number of H-pyrrole nitrogens is 1. The van der Waals surface area contributed by atoms with Crippen LogP contribution in [0.15, 0.2) is 58.2 Å². The van der Waals surface area contributed by atoms with E-state index < -0.39 is 16.0 Å². The van der Waals surface area contributed by atoms with Crippen LogP contribution in [0.3, 0.4) is 0 Å². The van der Waals surface area contributed by atoms with Crippen LogP contribution >= 0.6 is 0 Å². The maximum absolute atomic E-state index is 12.8. The summed E-state index contributed by atoms with van der Waals surface area (Å²) in [6, 6.07) is 13.2. The average molecular weight is 445 g/mol. The lowest BCUT2D eigenvalue weighted by Crippen LogP contribution is -2.40. The van der Waals surface area contributed by atoms with Crippen molar-refractivity contribution in [1.29, 1.82) is 0 Å². The number of fused-ring (bicyclic) bond motifs is 1.